The Morgan fingerprint density at radius 1 is 1.00 bits per heavy atom. The van der Waals surface area contributed by atoms with Crippen molar-refractivity contribution in [2.24, 2.45) is 22.7 Å². The highest BCUT2D eigenvalue weighted by Gasteiger charge is 2.67. The van der Waals surface area contributed by atoms with Crippen LogP contribution in [0.2, 0.25) is 0 Å². The number of rotatable bonds is 2. The Morgan fingerprint density at radius 3 is 1.53 bits per heavy atom. The molecule has 0 aromatic carbocycles. The summed E-state index contributed by atoms with van der Waals surface area (Å²) < 4.78 is 0. The van der Waals surface area contributed by atoms with Crippen molar-refractivity contribution in [3.05, 3.63) is 11.1 Å². The van der Waals surface area contributed by atoms with Crippen molar-refractivity contribution >= 4 is 11.9 Å². The van der Waals surface area contributed by atoms with Crippen molar-refractivity contribution in [3.63, 3.8) is 0 Å². The second-order valence-corrected chi connectivity index (χ2v) is 5.89. The lowest BCUT2D eigenvalue weighted by Crippen LogP contribution is -2.42. The van der Waals surface area contributed by atoms with E-state index in [0.717, 1.165) is 11.1 Å². The molecule has 0 spiro atoms. The summed E-state index contributed by atoms with van der Waals surface area (Å²) in [7, 11) is 0. The Balaban J connectivity index is 2.65. The monoisotopic (exact) mass is 238 g/mol. The topological polar surface area (TPSA) is 74.6 Å². The van der Waals surface area contributed by atoms with Gasteiger partial charge in [-0.05, 0) is 20.3 Å². The van der Waals surface area contributed by atoms with E-state index in [-0.39, 0.29) is 0 Å². The normalized spacial score (nSPS) is 44.2. The third-order valence-electron chi connectivity index (χ3n) is 5.25. The first-order valence-corrected chi connectivity index (χ1v) is 5.80. The average Bonchev–Trinajstić information content (AvgIpc) is 2.54. The van der Waals surface area contributed by atoms with Crippen LogP contribution in [0.3, 0.4) is 0 Å². The minimum absolute atomic E-state index is 0.506. The van der Waals surface area contributed by atoms with E-state index in [1.54, 1.807) is 0 Å². The maximum Gasteiger partial charge on any atom is 0.308 e. The molecule has 4 unspecified atom stereocenters. The molecule has 0 aromatic rings. The molecule has 0 radical (unpaired) electrons. The fourth-order valence-electron chi connectivity index (χ4n) is 4.14. The molecule has 17 heavy (non-hydrogen) atoms. The number of carbonyl (C=O) groups is 2. The van der Waals surface area contributed by atoms with Crippen molar-refractivity contribution in [3.8, 4) is 0 Å². The lowest BCUT2D eigenvalue weighted by molar-refractivity contribution is -0.157. The van der Waals surface area contributed by atoms with Gasteiger partial charge < -0.3 is 10.2 Å². The smallest absolute Gasteiger partial charge is 0.308 e. The molecule has 0 saturated heterocycles. The number of hydrogen-bond acceptors (Lipinski definition) is 2. The maximum atomic E-state index is 11.4. The van der Waals surface area contributed by atoms with Gasteiger partial charge in [-0.15, -0.1) is 0 Å². The van der Waals surface area contributed by atoms with Crippen LogP contribution >= 0.6 is 0 Å². The highest BCUT2D eigenvalue weighted by atomic mass is 16.4. The number of carboxylic acids is 2. The molecule has 2 bridgehead atoms. The molecule has 1 saturated carbocycles. The van der Waals surface area contributed by atoms with Gasteiger partial charge in [0.2, 0.25) is 0 Å². The van der Waals surface area contributed by atoms with E-state index in [9.17, 15) is 19.8 Å². The first kappa shape index (κ1) is 12.1. The molecule has 0 heterocycles. The number of fused-ring (bicyclic) bond motifs is 2. The molecule has 4 heteroatoms. The fourth-order valence-corrected chi connectivity index (χ4v) is 4.14. The quantitative estimate of drug-likeness (QED) is 0.723. The van der Waals surface area contributed by atoms with Crippen LogP contribution in [-0.2, 0) is 9.59 Å². The predicted octanol–water partition coefficient (Wildman–Crippen LogP) is 2.15. The summed E-state index contributed by atoms with van der Waals surface area (Å²) >= 11 is 0. The summed E-state index contributed by atoms with van der Waals surface area (Å²) in [6, 6.07) is 0. The van der Waals surface area contributed by atoms with Gasteiger partial charge in [0.1, 0.15) is 0 Å². The minimum Gasteiger partial charge on any atom is -0.481 e. The Kier molecular flexibility index (Phi) is 2.23. The predicted molar refractivity (Wildman–Crippen MR) is 61.5 cm³/mol. The van der Waals surface area contributed by atoms with Crippen molar-refractivity contribution in [2.45, 2.75) is 34.1 Å². The van der Waals surface area contributed by atoms with Gasteiger partial charge in [-0.2, -0.15) is 0 Å². The molecule has 0 amide bonds. The van der Waals surface area contributed by atoms with Crippen LogP contribution in [-0.4, -0.2) is 22.2 Å². The Bertz CT molecular complexity index is 410. The summed E-state index contributed by atoms with van der Waals surface area (Å²) in [5.41, 5.74) is 1.11. The fraction of sp³-hybridized carbons (Fsp3) is 0.692. The van der Waals surface area contributed by atoms with Gasteiger partial charge in [0.05, 0.1) is 11.8 Å². The van der Waals surface area contributed by atoms with Gasteiger partial charge in [0.25, 0.3) is 0 Å². The van der Waals surface area contributed by atoms with Crippen molar-refractivity contribution in [1.29, 1.82) is 0 Å². The van der Waals surface area contributed by atoms with Crippen LogP contribution in [0.15, 0.2) is 11.1 Å². The Morgan fingerprint density at radius 2 is 1.29 bits per heavy atom. The molecule has 0 aliphatic heterocycles. The highest BCUT2D eigenvalue weighted by Crippen LogP contribution is 2.69. The maximum absolute atomic E-state index is 11.4. The van der Waals surface area contributed by atoms with Crippen molar-refractivity contribution in [2.75, 3.05) is 0 Å². The standard InChI is InChI=1S/C13H18O4/c1-6-7(2)13(4)5-12(6,3)8(10(14)15)9(13)11(16)17/h8-9H,5H2,1-4H3,(H,14,15)(H,16,17). The molecular weight excluding hydrogens is 220 g/mol. The zero-order valence-electron chi connectivity index (χ0n) is 10.6. The number of carboxylic acid groups (broad SMARTS) is 2. The van der Waals surface area contributed by atoms with E-state index in [1.807, 2.05) is 27.7 Å². The summed E-state index contributed by atoms with van der Waals surface area (Å²) in [5.74, 6) is -3.60. The molecule has 2 aliphatic carbocycles. The van der Waals surface area contributed by atoms with Crippen LogP contribution in [0.5, 0.6) is 0 Å². The van der Waals surface area contributed by atoms with E-state index in [0.29, 0.717) is 6.42 Å². The van der Waals surface area contributed by atoms with E-state index >= 15 is 0 Å². The van der Waals surface area contributed by atoms with E-state index in [4.69, 9.17) is 0 Å². The summed E-state index contributed by atoms with van der Waals surface area (Å²) in [5, 5.41) is 18.7. The zero-order chi connectivity index (χ0) is 13.2. The molecule has 2 aliphatic rings. The molecule has 4 atom stereocenters. The molecule has 1 fully saturated rings. The van der Waals surface area contributed by atoms with Crippen LogP contribution in [0.1, 0.15) is 34.1 Å². The molecule has 4 nitrogen and oxygen atoms in total. The van der Waals surface area contributed by atoms with Crippen LogP contribution < -0.4 is 0 Å². The Hall–Kier alpha value is -1.32. The molecule has 2 N–H and O–H groups in total. The number of aliphatic carboxylic acids is 2. The van der Waals surface area contributed by atoms with E-state index in [1.165, 1.54) is 0 Å². The highest BCUT2D eigenvalue weighted by molar-refractivity contribution is 5.84. The summed E-state index contributed by atoms with van der Waals surface area (Å²) in [6.07, 6.45) is 0.631. The molecule has 94 valence electrons. The van der Waals surface area contributed by atoms with Crippen LogP contribution in [0.25, 0.3) is 0 Å². The van der Waals surface area contributed by atoms with Crippen LogP contribution in [0.4, 0.5) is 0 Å². The molecule has 0 aromatic heterocycles. The third-order valence-corrected chi connectivity index (χ3v) is 5.25. The Labute approximate surface area is 100 Å². The first-order valence-electron chi connectivity index (χ1n) is 5.80. The number of allylic oxidation sites excluding steroid dienone is 2. The molecule has 2 rings (SSSR count). The van der Waals surface area contributed by atoms with E-state index in [2.05, 4.69) is 0 Å². The lowest BCUT2D eigenvalue weighted by Gasteiger charge is -2.37. The van der Waals surface area contributed by atoms with Crippen LogP contribution in [0, 0.1) is 22.7 Å². The number of hydrogen-bond donors (Lipinski definition) is 2. The average molecular weight is 238 g/mol. The van der Waals surface area contributed by atoms with Gasteiger partial charge in [-0.25, -0.2) is 0 Å². The van der Waals surface area contributed by atoms with E-state index < -0.39 is 34.6 Å². The third kappa shape index (κ3) is 1.18. The second kappa shape index (κ2) is 3.12. The van der Waals surface area contributed by atoms with Gasteiger partial charge in [0.15, 0.2) is 0 Å². The lowest BCUT2D eigenvalue weighted by atomic mass is 9.65. The zero-order valence-corrected chi connectivity index (χ0v) is 10.6. The van der Waals surface area contributed by atoms with Gasteiger partial charge in [-0.1, -0.05) is 25.0 Å². The summed E-state index contributed by atoms with van der Waals surface area (Å²) in [4.78, 5) is 22.8. The van der Waals surface area contributed by atoms with Crippen molar-refractivity contribution < 1.29 is 19.8 Å². The van der Waals surface area contributed by atoms with Gasteiger partial charge in [0, 0.05) is 10.8 Å². The van der Waals surface area contributed by atoms with Gasteiger partial charge >= 0.3 is 11.9 Å². The van der Waals surface area contributed by atoms with Crippen molar-refractivity contribution in [1.82, 2.24) is 0 Å². The largest absolute Gasteiger partial charge is 0.481 e. The van der Waals surface area contributed by atoms with Gasteiger partial charge in [-0.3, -0.25) is 9.59 Å². The minimum atomic E-state index is -0.990. The first-order chi connectivity index (χ1) is 7.66. The SMILES string of the molecule is CC1=C(C)C2(C)CC1(C)C(C(=O)O)C2C(=O)O. The second-order valence-electron chi connectivity index (χ2n) is 5.89. The summed E-state index contributed by atoms with van der Waals surface area (Å²) in [6.45, 7) is 7.65. The molecular formula is C13H18O4.